The third-order valence-electron chi connectivity index (χ3n) is 1.71. The zero-order chi connectivity index (χ0) is 9.97. The topological polar surface area (TPSA) is 87.4 Å². The van der Waals surface area contributed by atoms with Gasteiger partial charge in [0.05, 0.1) is 17.3 Å². The van der Waals surface area contributed by atoms with Crippen LogP contribution in [0.1, 0.15) is 5.56 Å². The van der Waals surface area contributed by atoms with Crippen molar-refractivity contribution in [3.05, 3.63) is 40.3 Å². The van der Waals surface area contributed by atoms with Crippen LogP contribution in [0, 0.1) is 11.3 Å². The number of aromatic nitrogens is 4. The summed E-state index contributed by atoms with van der Waals surface area (Å²) in [6, 6.07) is 8.45. The molecule has 68 valence electrons. The Kier molecular flexibility index (Phi) is 1.84. The summed E-state index contributed by atoms with van der Waals surface area (Å²) in [4.78, 5) is 11.1. The van der Waals surface area contributed by atoms with E-state index in [9.17, 15) is 4.79 Å². The van der Waals surface area contributed by atoms with Gasteiger partial charge in [0.15, 0.2) is 0 Å². The van der Waals surface area contributed by atoms with Gasteiger partial charge in [0.25, 0.3) is 0 Å². The van der Waals surface area contributed by atoms with Crippen LogP contribution >= 0.6 is 0 Å². The molecule has 0 spiro atoms. The largest absolute Gasteiger partial charge is 0.365 e. The van der Waals surface area contributed by atoms with Crippen LogP contribution < -0.4 is 5.69 Å². The summed E-state index contributed by atoms with van der Waals surface area (Å²) in [5, 5.41) is 17.6. The van der Waals surface area contributed by atoms with Crippen LogP contribution in [0.4, 0.5) is 0 Å². The molecule has 6 heteroatoms. The highest BCUT2D eigenvalue weighted by Gasteiger charge is 2.01. The van der Waals surface area contributed by atoms with Crippen molar-refractivity contribution in [2.24, 2.45) is 0 Å². The second kappa shape index (κ2) is 3.14. The van der Waals surface area contributed by atoms with E-state index in [0.717, 1.165) is 4.68 Å². The van der Waals surface area contributed by atoms with Gasteiger partial charge in [-0.2, -0.15) is 9.94 Å². The Labute approximate surface area is 78.4 Å². The lowest BCUT2D eigenvalue weighted by molar-refractivity contribution is 0.779. The fourth-order valence-corrected chi connectivity index (χ4v) is 1.04. The van der Waals surface area contributed by atoms with Crippen molar-refractivity contribution in [3.8, 4) is 11.8 Å². The Balaban J connectivity index is 2.50. The molecule has 0 aliphatic carbocycles. The van der Waals surface area contributed by atoms with Gasteiger partial charge in [0.2, 0.25) is 0 Å². The summed E-state index contributed by atoms with van der Waals surface area (Å²) >= 11 is 0. The molecule has 0 aliphatic heterocycles. The van der Waals surface area contributed by atoms with Crippen molar-refractivity contribution in [2.45, 2.75) is 0 Å². The van der Waals surface area contributed by atoms with Gasteiger partial charge in [-0.3, -0.25) is 0 Å². The SMILES string of the molecule is N#Cc1ccc(-n2nn[nH]c2=O)cc1. The van der Waals surface area contributed by atoms with Crippen LogP contribution in [0.25, 0.3) is 5.69 Å². The molecule has 0 bridgehead atoms. The van der Waals surface area contributed by atoms with Gasteiger partial charge in [0, 0.05) is 0 Å². The molecule has 0 fully saturated rings. The number of nitriles is 1. The van der Waals surface area contributed by atoms with Gasteiger partial charge >= 0.3 is 5.69 Å². The number of nitrogens with one attached hydrogen (secondary N) is 1. The number of hydrogen-bond acceptors (Lipinski definition) is 4. The van der Waals surface area contributed by atoms with Gasteiger partial charge in [-0.25, -0.2) is 9.89 Å². The first-order valence-corrected chi connectivity index (χ1v) is 3.82. The maximum atomic E-state index is 11.1. The fourth-order valence-electron chi connectivity index (χ4n) is 1.04. The Morgan fingerprint density at radius 1 is 1.36 bits per heavy atom. The number of tetrazole rings is 1. The number of benzene rings is 1. The average Bonchev–Trinajstić information content (AvgIpc) is 2.65. The number of hydrogen-bond donors (Lipinski definition) is 1. The summed E-state index contributed by atoms with van der Waals surface area (Å²) in [5.41, 5.74) is 0.697. The van der Waals surface area contributed by atoms with Crippen LogP contribution in [0.3, 0.4) is 0 Å². The van der Waals surface area contributed by atoms with E-state index in [1.54, 1.807) is 24.3 Å². The van der Waals surface area contributed by atoms with Crippen LogP contribution in [0.5, 0.6) is 0 Å². The molecule has 1 aromatic carbocycles. The molecular weight excluding hydrogens is 182 g/mol. The van der Waals surface area contributed by atoms with Gasteiger partial charge in [-0.15, -0.1) is 0 Å². The third kappa shape index (κ3) is 1.27. The van der Waals surface area contributed by atoms with E-state index in [0.29, 0.717) is 11.3 Å². The summed E-state index contributed by atoms with van der Waals surface area (Å²) < 4.78 is 1.11. The molecule has 1 heterocycles. The zero-order valence-corrected chi connectivity index (χ0v) is 7.01. The van der Waals surface area contributed by atoms with Crippen molar-refractivity contribution in [1.29, 1.82) is 5.26 Å². The van der Waals surface area contributed by atoms with E-state index in [-0.39, 0.29) is 0 Å². The minimum Gasteiger partial charge on any atom is -0.244 e. The van der Waals surface area contributed by atoms with E-state index in [1.165, 1.54) is 0 Å². The van der Waals surface area contributed by atoms with Gasteiger partial charge in [-0.1, -0.05) is 0 Å². The lowest BCUT2D eigenvalue weighted by Crippen LogP contribution is -2.15. The zero-order valence-electron chi connectivity index (χ0n) is 7.01. The molecule has 0 atom stereocenters. The lowest BCUT2D eigenvalue weighted by Gasteiger charge is -1.96. The molecule has 1 N–H and O–H groups in total. The highest BCUT2D eigenvalue weighted by atomic mass is 16.2. The van der Waals surface area contributed by atoms with E-state index >= 15 is 0 Å². The van der Waals surface area contributed by atoms with Gasteiger partial charge < -0.3 is 0 Å². The molecule has 0 aliphatic rings. The first kappa shape index (κ1) is 8.19. The highest BCUT2D eigenvalue weighted by Crippen LogP contribution is 2.04. The number of aromatic amines is 1. The Morgan fingerprint density at radius 2 is 2.07 bits per heavy atom. The van der Waals surface area contributed by atoms with E-state index in [1.807, 2.05) is 6.07 Å². The fraction of sp³-hybridized carbons (Fsp3) is 0. The molecule has 14 heavy (non-hydrogen) atoms. The molecule has 2 aromatic rings. The Morgan fingerprint density at radius 3 is 2.57 bits per heavy atom. The number of nitrogens with zero attached hydrogens (tertiary/aromatic N) is 4. The number of rotatable bonds is 1. The van der Waals surface area contributed by atoms with E-state index in [4.69, 9.17) is 5.26 Å². The molecule has 0 unspecified atom stereocenters. The molecule has 0 saturated heterocycles. The second-order valence-electron chi connectivity index (χ2n) is 2.58. The van der Waals surface area contributed by atoms with Crippen molar-refractivity contribution in [2.75, 3.05) is 0 Å². The van der Waals surface area contributed by atoms with Crippen molar-refractivity contribution in [3.63, 3.8) is 0 Å². The molecule has 6 nitrogen and oxygen atoms in total. The maximum Gasteiger partial charge on any atom is 0.365 e. The van der Waals surface area contributed by atoms with E-state index in [2.05, 4.69) is 15.5 Å². The van der Waals surface area contributed by atoms with Crippen LogP contribution in [-0.2, 0) is 0 Å². The molecule has 2 rings (SSSR count). The smallest absolute Gasteiger partial charge is 0.244 e. The van der Waals surface area contributed by atoms with Gasteiger partial charge in [0.1, 0.15) is 0 Å². The van der Waals surface area contributed by atoms with E-state index < -0.39 is 5.69 Å². The minimum atomic E-state index is -0.408. The van der Waals surface area contributed by atoms with Crippen LogP contribution in [0.15, 0.2) is 29.1 Å². The second-order valence-corrected chi connectivity index (χ2v) is 2.58. The first-order valence-electron chi connectivity index (χ1n) is 3.82. The van der Waals surface area contributed by atoms with Crippen LogP contribution in [-0.4, -0.2) is 20.2 Å². The molecule has 0 saturated carbocycles. The molecular formula is C8H5N5O. The standard InChI is InChI=1S/C8H5N5O/c9-5-6-1-3-7(4-2-6)13-8(14)10-11-12-13/h1-4H,(H,10,12,14). The van der Waals surface area contributed by atoms with Crippen molar-refractivity contribution in [1.82, 2.24) is 20.2 Å². The van der Waals surface area contributed by atoms with Gasteiger partial charge in [-0.05, 0) is 34.7 Å². The third-order valence-corrected chi connectivity index (χ3v) is 1.71. The number of H-pyrrole nitrogens is 1. The molecule has 0 radical (unpaired) electrons. The van der Waals surface area contributed by atoms with Crippen molar-refractivity contribution >= 4 is 0 Å². The first-order chi connectivity index (χ1) is 6.81. The quantitative estimate of drug-likeness (QED) is 0.671. The normalized spacial score (nSPS) is 9.64. The predicted octanol–water partition coefficient (Wildman–Crippen LogP) is -0.173. The maximum absolute atomic E-state index is 11.1. The summed E-state index contributed by atoms with van der Waals surface area (Å²) in [7, 11) is 0. The predicted molar refractivity (Wildman–Crippen MR) is 46.7 cm³/mol. The van der Waals surface area contributed by atoms with Crippen LogP contribution in [0.2, 0.25) is 0 Å². The monoisotopic (exact) mass is 187 g/mol. The van der Waals surface area contributed by atoms with Crippen molar-refractivity contribution < 1.29 is 0 Å². The highest BCUT2D eigenvalue weighted by molar-refractivity contribution is 5.38. The minimum absolute atomic E-state index is 0.408. The summed E-state index contributed by atoms with van der Waals surface area (Å²) in [6.07, 6.45) is 0. The molecule has 0 amide bonds. The lowest BCUT2D eigenvalue weighted by atomic mass is 10.2. The summed E-state index contributed by atoms with van der Waals surface area (Å²) in [6.45, 7) is 0. The Bertz CT molecular complexity index is 530. The Hall–Kier alpha value is -2.42. The summed E-state index contributed by atoms with van der Waals surface area (Å²) in [5.74, 6) is 0. The average molecular weight is 187 g/mol. The molecule has 1 aromatic heterocycles.